The Labute approximate surface area is 146 Å². The van der Waals surface area contributed by atoms with Gasteiger partial charge < -0.3 is 10.3 Å². The average Bonchev–Trinajstić information content (AvgIpc) is 2.51. The second kappa shape index (κ2) is 7.66. The summed E-state index contributed by atoms with van der Waals surface area (Å²) >= 11 is 1.25. The lowest BCUT2D eigenvalue weighted by Crippen LogP contribution is -2.24. The lowest BCUT2D eigenvalue weighted by Gasteiger charge is -2.14. The van der Waals surface area contributed by atoms with Crippen molar-refractivity contribution in [2.75, 3.05) is 5.32 Å². The molecule has 0 bridgehead atoms. The average molecular weight is 345 g/mol. The number of hydrogen-bond donors (Lipinski definition) is 2. The molecule has 0 radical (unpaired) electrons. The molecule has 0 fully saturated rings. The van der Waals surface area contributed by atoms with Crippen LogP contribution in [0.3, 0.4) is 0 Å². The molecule has 1 heterocycles. The van der Waals surface area contributed by atoms with Crippen LogP contribution in [0.4, 0.5) is 5.69 Å². The fourth-order valence-electron chi connectivity index (χ4n) is 2.15. The normalized spacial score (nSPS) is 12.2. The first kappa shape index (κ1) is 18.3. The highest BCUT2D eigenvalue weighted by Gasteiger charge is 2.17. The van der Waals surface area contributed by atoms with Gasteiger partial charge in [-0.25, -0.2) is 4.98 Å². The summed E-state index contributed by atoms with van der Waals surface area (Å²) in [6.07, 6.45) is 0. The number of nitrogens with one attached hydrogen (secondary N) is 2. The predicted molar refractivity (Wildman–Crippen MR) is 98.8 cm³/mol. The number of anilines is 1. The molecule has 1 amide bonds. The fourth-order valence-corrected chi connectivity index (χ4v) is 2.97. The number of aromatic amines is 1. The first-order valence-corrected chi connectivity index (χ1v) is 8.81. The number of thioether (sulfide) groups is 1. The third kappa shape index (κ3) is 4.47. The van der Waals surface area contributed by atoms with Gasteiger partial charge in [0.05, 0.1) is 10.9 Å². The fraction of sp³-hybridized carbons (Fsp3) is 0.389. The van der Waals surface area contributed by atoms with E-state index >= 15 is 0 Å². The Morgan fingerprint density at radius 3 is 2.62 bits per heavy atom. The van der Waals surface area contributed by atoms with Crippen LogP contribution in [0, 0.1) is 13.8 Å². The molecule has 1 unspecified atom stereocenters. The number of carbonyl (C=O) groups excluding carboxylic acids is 1. The standard InChI is InChI=1S/C18H23N3O2S/c1-10(2)15-9-16(22)21-18(20-15)24-13(5)17(23)19-14-8-6-7-11(3)12(14)4/h6-10,13H,1-5H3,(H,19,23)(H,20,21,22). The van der Waals surface area contributed by atoms with Gasteiger partial charge in [0.15, 0.2) is 5.16 Å². The van der Waals surface area contributed by atoms with Gasteiger partial charge in [-0.1, -0.05) is 37.7 Å². The number of hydrogen-bond acceptors (Lipinski definition) is 4. The Kier molecular flexibility index (Phi) is 5.83. The molecule has 0 saturated heterocycles. The SMILES string of the molecule is Cc1cccc(NC(=O)C(C)Sc2nc(C(C)C)cc(=O)[nH]2)c1C. The maximum absolute atomic E-state index is 12.4. The second-order valence-electron chi connectivity index (χ2n) is 6.13. The largest absolute Gasteiger partial charge is 0.325 e. The van der Waals surface area contributed by atoms with Gasteiger partial charge in [-0.05, 0) is 43.9 Å². The summed E-state index contributed by atoms with van der Waals surface area (Å²) in [5.74, 6) is 0.0389. The van der Waals surface area contributed by atoms with E-state index in [0.717, 1.165) is 22.5 Å². The van der Waals surface area contributed by atoms with E-state index in [1.165, 1.54) is 17.8 Å². The molecule has 128 valence electrons. The van der Waals surface area contributed by atoms with Crippen LogP contribution in [0.15, 0.2) is 34.2 Å². The van der Waals surface area contributed by atoms with Crippen LogP contribution < -0.4 is 10.9 Å². The summed E-state index contributed by atoms with van der Waals surface area (Å²) < 4.78 is 0. The quantitative estimate of drug-likeness (QED) is 0.641. The molecular formula is C18H23N3O2S. The minimum absolute atomic E-state index is 0.119. The van der Waals surface area contributed by atoms with Crippen molar-refractivity contribution in [3.63, 3.8) is 0 Å². The molecule has 0 aliphatic heterocycles. The number of benzene rings is 1. The third-order valence-corrected chi connectivity index (χ3v) is 4.84. The van der Waals surface area contributed by atoms with Crippen molar-refractivity contribution in [1.82, 2.24) is 9.97 Å². The maximum Gasteiger partial charge on any atom is 0.251 e. The summed E-state index contributed by atoms with van der Waals surface area (Å²) in [5, 5.41) is 3.03. The van der Waals surface area contributed by atoms with Crippen LogP contribution in [0.2, 0.25) is 0 Å². The zero-order valence-electron chi connectivity index (χ0n) is 14.6. The van der Waals surface area contributed by atoms with Crippen molar-refractivity contribution >= 4 is 23.4 Å². The van der Waals surface area contributed by atoms with Crippen LogP contribution in [-0.4, -0.2) is 21.1 Å². The Morgan fingerprint density at radius 2 is 1.96 bits per heavy atom. The summed E-state index contributed by atoms with van der Waals surface area (Å²) in [6, 6.07) is 7.31. The Hall–Kier alpha value is -2.08. The molecule has 2 rings (SSSR count). The molecule has 0 aliphatic carbocycles. The van der Waals surface area contributed by atoms with Crippen LogP contribution >= 0.6 is 11.8 Å². The number of rotatable bonds is 5. The highest BCUT2D eigenvalue weighted by molar-refractivity contribution is 8.00. The first-order valence-electron chi connectivity index (χ1n) is 7.93. The Morgan fingerprint density at radius 1 is 1.25 bits per heavy atom. The van der Waals surface area contributed by atoms with E-state index < -0.39 is 0 Å². The topological polar surface area (TPSA) is 74.8 Å². The molecule has 1 aromatic heterocycles. The lowest BCUT2D eigenvalue weighted by atomic mass is 10.1. The Bertz CT molecular complexity index is 799. The van der Waals surface area contributed by atoms with Crippen molar-refractivity contribution in [3.8, 4) is 0 Å². The number of aromatic nitrogens is 2. The zero-order chi connectivity index (χ0) is 17.9. The molecule has 24 heavy (non-hydrogen) atoms. The van der Waals surface area contributed by atoms with Crippen molar-refractivity contribution in [2.24, 2.45) is 0 Å². The van der Waals surface area contributed by atoms with Crippen molar-refractivity contribution in [2.45, 2.75) is 50.9 Å². The highest BCUT2D eigenvalue weighted by atomic mass is 32.2. The van der Waals surface area contributed by atoms with E-state index in [1.807, 2.05) is 45.9 Å². The van der Waals surface area contributed by atoms with Gasteiger partial charge in [-0.2, -0.15) is 0 Å². The van der Waals surface area contributed by atoms with E-state index in [1.54, 1.807) is 6.92 Å². The van der Waals surface area contributed by atoms with Crippen molar-refractivity contribution < 1.29 is 4.79 Å². The van der Waals surface area contributed by atoms with Crippen molar-refractivity contribution in [3.05, 3.63) is 51.4 Å². The van der Waals surface area contributed by atoms with Gasteiger partial charge in [0.25, 0.3) is 5.56 Å². The minimum atomic E-state index is -0.379. The van der Waals surface area contributed by atoms with Gasteiger partial charge in [-0.15, -0.1) is 0 Å². The number of H-pyrrole nitrogens is 1. The van der Waals surface area contributed by atoms with Gasteiger partial charge in [0.2, 0.25) is 5.91 Å². The second-order valence-corrected chi connectivity index (χ2v) is 7.46. The van der Waals surface area contributed by atoms with Gasteiger partial charge in [0.1, 0.15) is 0 Å². The summed E-state index contributed by atoms with van der Waals surface area (Å²) in [4.78, 5) is 31.3. The molecule has 1 aromatic carbocycles. The molecular weight excluding hydrogens is 322 g/mol. The number of carbonyl (C=O) groups is 1. The first-order chi connectivity index (χ1) is 11.3. The highest BCUT2D eigenvalue weighted by Crippen LogP contribution is 2.23. The van der Waals surface area contributed by atoms with E-state index in [2.05, 4.69) is 15.3 Å². The van der Waals surface area contributed by atoms with Crippen LogP contribution in [-0.2, 0) is 4.79 Å². The van der Waals surface area contributed by atoms with Gasteiger partial charge >= 0.3 is 0 Å². The predicted octanol–water partition coefficient (Wildman–Crippen LogP) is 3.63. The van der Waals surface area contributed by atoms with Gasteiger partial charge in [0, 0.05) is 11.8 Å². The number of aryl methyl sites for hydroxylation is 1. The monoisotopic (exact) mass is 345 g/mol. The molecule has 5 nitrogen and oxygen atoms in total. The smallest absolute Gasteiger partial charge is 0.251 e. The van der Waals surface area contributed by atoms with Gasteiger partial charge in [-0.3, -0.25) is 9.59 Å². The molecule has 0 spiro atoms. The summed E-state index contributed by atoms with van der Waals surface area (Å²) in [5.41, 5.74) is 3.52. The summed E-state index contributed by atoms with van der Waals surface area (Å²) in [6.45, 7) is 9.75. The van der Waals surface area contributed by atoms with E-state index in [-0.39, 0.29) is 22.6 Å². The van der Waals surface area contributed by atoms with E-state index in [9.17, 15) is 9.59 Å². The molecule has 1 atom stereocenters. The lowest BCUT2D eigenvalue weighted by molar-refractivity contribution is -0.115. The molecule has 0 aliphatic rings. The van der Waals surface area contributed by atoms with Crippen LogP contribution in [0.1, 0.15) is 43.5 Å². The van der Waals surface area contributed by atoms with E-state index in [4.69, 9.17) is 0 Å². The molecule has 0 saturated carbocycles. The van der Waals surface area contributed by atoms with Crippen molar-refractivity contribution in [1.29, 1.82) is 0 Å². The number of amides is 1. The minimum Gasteiger partial charge on any atom is -0.325 e. The van der Waals surface area contributed by atoms with E-state index in [0.29, 0.717) is 5.16 Å². The summed E-state index contributed by atoms with van der Waals surface area (Å²) in [7, 11) is 0. The molecule has 2 N–H and O–H groups in total. The zero-order valence-corrected chi connectivity index (χ0v) is 15.5. The van der Waals surface area contributed by atoms with Crippen LogP contribution in [0.5, 0.6) is 0 Å². The van der Waals surface area contributed by atoms with Crippen LogP contribution in [0.25, 0.3) is 0 Å². The third-order valence-electron chi connectivity index (χ3n) is 3.85. The molecule has 2 aromatic rings. The Balaban J connectivity index is 2.12. The maximum atomic E-state index is 12.4. The number of nitrogens with zero attached hydrogens (tertiary/aromatic N) is 1. The molecule has 6 heteroatoms.